The number of hydrogen-bond donors (Lipinski definition) is 1. The van der Waals surface area contributed by atoms with Gasteiger partial charge in [-0.25, -0.2) is 4.98 Å². The molecule has 0 bridgehead atoms. The summed E-state index contributed by atoms with van der Waals surface area (Å²) in [6, 6.07) is 8.08. The van der Waals surface area contributed by atoms with Crippen LogP contribution in [0.15, 0.2) is 24.3 Å². The fraction of sp³-hybridized carbons (Fsp3) is 0.462. The van der Waals surface area contributed by atoms with Crippen molar-refractivity contribution < 1.29 is 9.47 Å². The van der Waals surface area contributed by atoms with E-state index in [1.807, 2.05) is 29.8 Å². The van der Waals surface area contributed by atoms with E-state index in [4.69, 9.17) is 9.47 Å². The van der Waals surface area contributed by atoms with Gasteiger partial charge in [0.2, 0.25) is 5.95 Å². The van der Waals surface area contributed by atoms with Gasteiger partial charge in [-0.3, -0.25) is 0 Å². The minimum absolute atomic E-state index is 0.626. The van der Waals surface area contributed by atoms with Crippen LogP contribution in [-0.2, 0) is 16.5 Å². The Hall–Kier alpha value is -1.59. The Bertz CT molecular complexity index is 496. The van der Waals surface area contributed by atoms with Crippen LogP contribution >= 0.6 is 0 Å². The van der Waals surface area contributed by atoms with Crippen molar-refractivity contribution in [2.45, 2.75) is 0 Å². The van der Waals surface area contributed by atoms with E-state index in [1.54, 1.807) is 7.11 Å². The van der Waals surface area contributed by atoms with Crippen molar-refractivity contribution in [1.29, 1.82) is 0 Å². The van der Waals surface area contributed by atoms with Crippen LogP contribution < -0.4 is 5.32 Å². The molecule has 5 heteroatoms. The van der Waals surface area contributed by atoms with Crippen LogP contribution in [0.3, 0.4) is 0 Å². The topological polar surface area (TPSA) is 48.3 Å². The molecule has 2 rings (SSSR count). The summed E-state index contributed by atoms with van der Waals surface area (Å²) in [7, 11) is 3.67. The Labute approximate surface area is 107 Å². The third-order valence-electron chi connectivity index (χ3n) is 2.75. The number of aryl methyl sites for hydroxylation is 1. The van der Waals surface area contributed by atoms with Crippen molar-refractivity contribution in [3.8, 4) is 0 Å². The number of nitrogens with zero attached hydrogens (tertiary/aromatic N) is 2. The molecule has 5 nitrogen and oxygen atoms in total. The molecule has 1 heterocycles. The fourth-order valence-corrected chi connectivity index (χ4v) is 1.78. The van der Waals surface area contributed by atoms with Gasteiger partial charge in [-0.05, 0) is 12.1 Å². The van der Waals surface area contributed by atoms with Gasteiger partial charge >= 0.3 is 0 Å². The molecule has 0 aliphatic heterocycles. The van der Waals surface area contributed by atoms with E-state index in [-0.39, 0.29) is 0 Å². The molecular formula is C13H19N3O2. The highest BCUT2D eigenvalue weighted by atomic mass is 16.5. The maximum atomic E-state index is 5.39. The number of imidazole rings is 1. The van der Waals surface area contributed by atoms with E-state index in [0.717, 1.165) is 23.5 Å². The van der Waals surface area contributed by atoms with E-state index >= 15 is 0 Å². The molecule has 1 N–H and O–H groups in total. The number of rotatable bonds is 7. The lowest BCUT2D eigenvalue weighted by molar-refractivity contribution is 0.0758. The van der Waals surface area contributed by atoms with Gasteiger partial charge in [0, 0.05) is 20.7 Å². The lowest BCUT2D eigenvalue weighted by Gasteiger charge is -2.06. The van der Waals surface area contributed by atoms with Crippen molar-refractivity contribution in [2.24, 2.45) is 7.05 Å². The molecule has 0 saturated heterocycles. The molecule has 0 spiro atoms. The van der Waals surface area contributed by atoms with Gasteiger partial charge in [0.05, 0.1) is 30.9 Å². The van der Waals surface area contributed by atoms with E-state index in [2.05, 4.69) is 16.4 Å². The first-order valence-electron chi connectivity index (χ1n) is 6.05. The second-order valence-corrected chi connectivity index (χ2v) is 4.02. The van der Waals surface area contributed by atoms with Gasteiger partial charge in [-0.1, -0.05) is 12.1 Å². The Kier molecular flexibility index (Phi) is 4.55. The second kappa shape index (κ2) is 6.37. The van der Waals surface area contributed by atoms with E-state index in [1.165, 1.54) is 0 Å². The summed E-state index contributed by atoms with van der Waals surface area (Å²) in [5, 5.41) is 3.27. The summed E-state index contributed by atoms with van der Waals surface area (Å²) in [4.78, 5) is 4.52. The molecule has 2 aromatic rings. The van der Waals surface area contributed by atoms with Crippen LogP contribution in [-0.4, -0.2) is 43.0 Å². The smallest absolute Gasteiger partial charge is 0.203 e. The van der Waals surface area contributed by atoms with Crippen molar-refractivity contribution in [3.05, 3.63) is 24.3 Å². The van der Waals surface area contributed by atoms with Crippen LogP contribution in [0, 0.1) is 0 Å². The first-order valence-corrected chi connectivity index (χ1v) is 6.05. The maximum absolute atomic E-state index is 5.39. The molecule has 0 radical (unpaired) electrons. The standard InChI is InChI=1S/C13H19N3O2/c1-16-12-6-4-3-5-11(12)15-13(16)14-7-8-18-10-9-17-2/h3-6H,7-10H2,1-2H3,(H,14,15). The highest BCUT2D eigenvalue weighted by molar-refractivity contribution is 5.78. The number of aromatic nitrogens is 2. The predicted molar refractivity (Wildman–Crippen MR) is 71.9 cm³/mol. The zero-order chi connectivity index (χ0) is 12.8. The number of nitrogens with one attached hydrogen (secondary N) is 1. The largest absolute Gasteiger partial charge is 0.382 e. The summed E-state index contributed by atoms with van der Waals surface area (Å²) in [5.74, 6) is 0.867. The number of methoxy groups -OCH3 is 1. The number of anilines is 1. The lowest BCUT2D eigenvalue weighted by Crippen LogP contribution is -2.14. The van der Waals surface area contributed by atoms with Crippen LogP contribution in [0.5, 0.6) is 0 Å². The second-order valence-electron chi connectivity index (χ2n) is 4.02. The van der Waals surface area contributed by atoms with Crippen molar-refractivity contribution in [3.63, 3.8) is 0 Å². The summed E-state index contributed by atoms with van der Waals surface area (Å²) >= 11 is 0. The Morgan fingerprint density at radius 2 is 2.06 bits per heavy atom. The molecule has 0 amide bonds. The Balaban J connectivity index is 1.86. The zero-order valence-electron chi connectivity index (χ0n) is 10.8. The van der Waals surface area contributed by atoms with Crippen LogP contribution in [0.25, 0.3) is 11.0 Å². The molecule has 98 valence electrons. The normalized spacial score (nSPS) is 11.0. The summed E-state index contributed by atoms with van der Waals surface area (Å²) in [6.45, 7) is 2.64. The summed E-state index contributed by atoms with van der Waals surface area (Å²) in [5.41, 5.74) is 2.13. The predicted octanol–water partition coefficient (Wildman–Crippen LogP) is 1.65. The molecular weight excluding hydrogens is 230 g/mol. The average molecular weight is 249 g/mol. The van der Waals surface area contributed by atoms with Gasteiger partial charge in [0.25, 0.3) is 0 Å². The van der Waals surface area contributed by atoms with Gasteiger partial charge in [0.15, 0.2) is 0 Å². The van der Waals surface area contributed by atoms with Gasteiger partial charge in [-0.15, -0.1) is 0 Å². The van der Waals surface area contributed by atoms with Gasteiger partial charge < -0.3 is 19.4 Å². The van der Waals surface area contributed by atoms with Crippen molar-refractivity contribution in [2.75, 3.05) is 38.8 Å². The van der Waals surface area contributed by atoms with Crippen molar-refractivity contribution >= 4 is 17.0 Å². The average Bonchev–Trinajstić information content (AvgIpc) is 2.71. The van der Waals surface area contributed by atoms with E-state index in [9.17, 15) is 0 Å². The molecule has 18 heavy (non-hydrogen) atoms. The Morgan fingerprint density at radius 1 is 1.22 bits per heavy atom. The zero-order valence-corrected chi connectivity index (χ0v) is 10.8. The van der Waals surface area contributed by atoms with Crippen LogP contribution in [0.4, 0.5) is 5.95 Å². The third kappa shape index (κ3) is 3.00. The maximum Gasteiger partial charge on any atom is 0.203 e. The number of fused-ring (bicyclic) bond motifs is 1. The fourth-order valence-electron chi connectivity index (χ4n) is 1.78. The van der Waals surface area contributed by atoms with Crippen LogP contribution in [0.2, 0.25) is 0 Å². The molecule has 0 fully saturated rings. The summed E-state index contributed by atoms with van der Waals surface area (Å²) in [6.07, 6.45) is 0. The minimum atomic E-state index is 0.626. The van der Waals surface area contributed by atoms with Crippen LogP contribution in [0.1, 0.15) is 0 Å². The molecule has 0 unspecified atom stereocenters. The van der Waals surface area contributed by atoms with E-state index in [0.29, 0.717) is 19.8 Å². The lowest BCUT2D eigenvalue weighted by atomic mass is 10.3. The number of benzene rings is 1. The SMILES string of the molecule is COCCOCCNc1nc2ccccc2n1C. The molecule has 1 aromatic heterocycles. The number of ether oxygens (including phenoxy) is 2. The first-order chi connectivity index (χ1) is 8.83. The highest BCUT2D eigenvalue weighted by Crippen LogP contribution is 2.16. The molecule has 0 aliphatic rings. The third-order valence-corrected chi connectivity index (χ3v) is 2.75. The molecule has 0 saturated carbocycles. The molecule has 0 atom stereocenters. The highest BCUT2D eigenvalue weighted by Gasteiger charge is 2.05. The van der Waals surface area contributed by atoms with E-state index < -0.39 is 0 Å². The van der Waals surface area contributed by atoms with Crippen molar-refractivity contribution in [1.82, 2.24) is 9.55 Å². The molecule has 0 aliphatic carbocycles. The quantitative estimate of drug-likeness (QED) is 0.758. The minimum Gasteiger partial charge on any atom is -0.382 e. The monoisotopic (exact) mass is 249 g/mol. The first kappa shape index (κ1) is 12.9. The number of hydrogen-bond acceptors (Lipinski definition) is 4. The summed E-state index contributed by atoms with van der Waals surface area (Å²) < 4.78 is 12.3. The van der Waals surface area contributed by atoms with Gasteiger partial charge in [0.1, 0.15) is 0 Å². The number of para-hydroxylation sites is 2. The Morgan fingerprint density at radius 3 is 2.83 bits per heavy atom. The molecule has 1 aromatic carbocycles. The van der Waals surface area contributed by atoms with Gasteiger partial charge in [-0.2, -0.15) is 0 Å².